The van der Waals surface area contributed by atoms with Crippen molar-refractivity contribution in [3.8, 4) is 0 Å². The Bertz CT molecular complexity index is 685. The summed E-state index contributed by atoms with van der Waals surface area (Å²) in [5.74, 6) is 0.0982. The monoisotopic (exact) mass is 437 g/mol. The van der Waals surface area contributed by atoms with Crippen LogP contribution in [0.5, 0.6) is 0 Å². The zero-order valence-corrected chi connectivity index (χ0v) is 19.4. The van der Waals surface area contributed by atoms with Crippen LogP contribution in [-0.2, 0) is 14.2 Å². The highest BCUT2D eigenvalue weighted by Gasteiger charge is 2.71. The second-order valence-electron chi connectivity index (χ2n) is 9.99. The van der Waals surface area contributed by atoms with E-state index < -0.39 is 0 Å². The fraction of sp³-hybridized carbons (Fsp3) is 0.870. The molecule has 0 aromatic rings. The van der Waals surface area contributed by atoms with Gasteiger partial charge >= 0.3 is 6.03 Å². The second-order valence-corrected chi connectivity index (χ2v) is 9.99. The molecule has 0 aromatic heterocycles. The molecule has 8 nitrogen and oxygen atoms in total. The Kier molecular flexibility index (Phi) is 6.66. The number of β-amino-alcohol motifs (C(OH)–C–C–N with tert-alkyl or cyclic N) is 1. The summed E-state index contributed by atoms with van der Waals surface area (Å²) in [6.45, 7) is 10.9. The van der Waals surface area contributed by atoms with Gasteiger partial charge in [-0.15, -0.1) is 0 Å². The van der Waals surface area contributed by atoms with Crippen LogP contribution in [0.3, 0.4) is 0 Å². The first kappa shape index (κ1) is 23.0. The highest BCUT2D eigenvalue weighted by molar-refractivity contribution is 5.74. The number of aliphatic hydroxyl groups excluding tert-OH is 1. The molecule has 0 aromatic carbocycles. The molecule has 2 amide bonds. The molecule has 1 aliphatic carbocycles. The van der Waals surface area contributed by atoms with Gasteiger partial charge in [0.2, 0.25) is 0 Å². The Labute approximate surface area is 185 Å². The van der Waals surface area contributed by atoms with E-state index in [-0.39, 0.29) is 48.0 Å². The van der Waals surface area contributed by atoms with E-state index in [4.69, 9.17) is 19.3 Å². The number of nitrogens with zero attached hydrogens (tertiary/aromatic N) is 2. The molecule has 1 saturated carbocycles. The normalized spacial score (nSPS) is 40.0. The van der Waals surface area contributed by atoms with Gasteiger partial charge in [-0.25, -0.2) is 4.79 Å². The second kappa shape index (κ2) is 8.98. The molecule has 4 aliphatic rings. The van der Waals surface area contributed by atoms with Crippen molar-refractivity contribution < 1.29 is 24.1 Å². The molecule has 6 atom stereocenters. The van der Waals surface area contributed by atoms with E-state index in [2.05, 4.69) is 37.1 Å². The van der Waals surface area contributed by atoms with Crippen molar-refractivity contribution in [1.29, 1.82) is 0 Å². The highest BCUT2D eigenvalue weighted by Crippen LogP contribution is 2.59. The van der Waals surface area contributed by atoms with Gasteiger partial charge in [-0.3, -0.25) is 4.90 Å². The van der Waals surface area contributed by atoms with Gasteiger partial charge in [0.05, 0.1) is 37.1 Å². The first-order valence-corrected chi connectivity index (χ1v) is 11.7. The molecule has 3 heterocycles. The minimum Gasteiger partial charge on any atom is -0.395 e. The number of epoxide rings is 2. The van der Waals surface area contributed by atoms with Gasteiger partial charge in [0.15, 0.2) is 0 Å². The summed E-state index contributed by atoms with van der Waals surface area (Å²) in [5, 5.41) is 12.4. The topological polar surface area (TPSA) is 90.1 Å². The van der Waals surface area contributed by atoms with Crippen molar-refractivity contribution >= 4 is 6.03 Å². The van der Waals surface area contributed by atoms with Crippen molar-refractivity contribution in [1.82, 2.24) is 15.1 Å². The third-order valence-electron chi connectivity index (χ3n) is 7.68. The van der Waals surface area contributed by atoms with E-state index in [0.29, 0.717) is 19.6 Å². The largest absolute Gasteiger partial charge is 0.395 e. The Balaban J connectivity index is 1.40. The number of piperazine rings is 1. The predicted molar refractivity (Wildman–Crippen MR) is 117 cm³/mol. The molecule has 0 unspecified atom stereocenters. The average molecular weight is 438 g/mol. The van der Waals surface area contributed by atoms with Crippen molar-refractivity contribution in [3.05, 3.63) is 11.6 Å². The number of hydrogen-bond donors (Lipinski definition) is 2. The van der Waals surface area contributed by atoms with Crippen molar-refractivity contribution in [3.63, 3.8) is 0 Å². The lowest BCUT2D eigenvalue weighted by Gasteiger charge is -2.44. The fourth-order valence-corrected chi connectivity index (χ4v) is 5.71. The van der Waals surface area contributed by atoms with E-state index >= 15 is 0 Å². The number of methoxy groups -OCH3 is 1. The van der Waals surface area contributed by atoms with Crippen LogP contribution in [-0.4, -0.2) is 103 Å². The van der Waals surface area contributed by atoms with Crippen LogP contribution in [0.1, 0.15) is 40.0 Å². The minimum absolute atomic E-state index is 0.0231. The smallest absolute Gasteiger partial charge is 0.317 e. The Morgan fingerprint density at radius 2 is 2.00 bits per heavy atom. The predicted octanol–water partition coefficient (Wildman–Crippen LogP) is 1.38. The fourth-order valence-electron chi connectivity index (χ4n) is 5.71. The van der Waals surface area contributed by atoms with E-state index in [0.717, 1.165) is 39.0 Å². The first-order chi connectivity index (χ1) is 14.8. The molecule has 2 N–H and O–H groups in total. The Hall–Kier alpha value is -1.19. The maximum atomic E-state index is 13.0. The average Bonchev–Trinajstić information content (AvgIpc) is 3.66. The number of rotatable bonds is 7. The van der Waals surface area contributed by atoms with Crippen molar-refractivity contribution in [2.75, 3.05) is 53.0 Å². The van der Waals surface area contributed by atoms with E-state index in [1.165, 1.54) is 5.57 Å². The van der Waals surface area contributed by atoms with E-state index in [1.807, 2.05) is 4.90 Å². The highest BCUT2D eigenvalue weighted by atomic mass is 16.6. The molecule has 1 spiro atoms. The summed E-state index contributed by atoms with van der Waals surface area (Å²) in [6.07, 6.45) is 4.92. The number of carbonyl (C=O) groups is 1. The van der Waals surface area contributed by atoms with Crippen molar-refractivity contribution in [2.45, 2.75) is 69.5 Å². The SMILES string of the molecule is CO[C@@H]1[C@H](NC(=O)N2CCN(CCO)CC2)CC[C@]2(CO2)[C@H]1[C@@]1(C)O[C@@H]1CC=C(C)C. The number of allylic oxidation sites excluding steroid dienone is 1. The summed E-state index contributed by atoms with van der Waals surface area (Å²) in [7, 11) is 1.74. The number of hydrogen-bond acceptors (Lipinski definition) is 6. The quantitative estimate of drug-likeness (QED) is 0.462. The molecule has 176 valence electrons. The number of urea groups is 1. The zero-order valence-electron chi connectivity index (χ0n) is 19.4. The molecular weight excluding hydrogens is 398 g/mol. The Morgan fingerprint density at radius 1 is 1.29 bits per heavy atom. The van der Waals surface area contributed by atoms with Gasteiger partial charge in [0, 0.05) is 45.8 Å². The molecule has 4 rings (SSSR count). The lowest BCUT2D eigenvalue weighted by atomic mass is 9.67. The molecule has 0 bridgehead atoms. The third-order valence-corrected chi connectivity index (χ3v) is 7.68. The maximum Gasteiger partial charge on any atom is 0.317 e. The lowest BCUT2D eigenvalue weighted by Crippen LogP contribution is -2.61. The first-order valence-electron chi connectivity index (χ1n) is 11.7. The van der Waals surface area contributed by atoms with Gasteiger partial charge in [-0.2, -0.15) is 0 Å². The maximum absolute atomic E-state index is 13.0. The van der Waals surface area contributed by atoms with Crippen LogP contribution in [0.4, 0.5) is 4.79 Å². The molecule has 4 fully saturated rings. The lowest BCUT2D eigenvalue weighted by molar-refractivity contribution is -0.0662. The van der Waals surface area contributed by atoms with Crippen molar-refractivity contribution in [2.24, 2.45) is 5.92 Å². The zero-order chi connectivity index (χ0) is 22.2. The van der Waals surface area contributed by atoms with Crippen LogP contribution in [0.15, 0.2) is 11.6 Å². The summed E-state index contributed by atoms with van der Waals surface area (Å²) in [6, 6.07) is -0.0806. The Morgan fingerprint density at radius 3 is 2.58 bits per heavy atom. The number of amides is 2. The molecule has 31 heavy (non-hydrogen) atoms. The molecule has 3 saturated heterocycles. The van der Waals surface area contributed by atoms with Gasteiger partial charge in [0.1, 0.15) is 5.60 Å². The van der Waals surface area contributed by atoms with Crippen LogP contribution in [0.2, 0.25) is 0 Å². The molecular formula is C23H39N3O5. The van der Waals surface area contributed by atoms with Crippen LogP contribution < -0.4 is 5.32 Å². The van der Waals surface area contributed by atoms with Crippen LogP contribution in [0.25, 0.3) is 0 Å². The summed E-state index contributed by atoms with van der Waals surface area (Å²) >= 11 is 0. The van der Waals surface area contributed by atoms with Crippen LogP contribution in [0, 0.1) is 5.92 Å². The summed E-state index contributed by atoms with van der Waals surface area (Å²) < 4.78 is 18.3. The number of ether oxygens (including phenoxy) is 3. The molecule has 8 heteroatoms. The number of nitrogens with one attached hydrogen (secondary N) is 1. The standard InChI is InChI=1S/C23H39N3O5/c1-16(2)5-6-18-22(3,31-18)20-19(29-4)17(7-8-23(20)15-30-23)24-21(28)26-11-9-25(10-12-26)13-14-27/h5,17-20,27H,6-15H2,1-4H3,(H,24,28)/t17-,18-,19-,20-,22+,23+/m1/s1. The third kappa shape index (κ3) is 4.64. The number of carbonyl (C=O) groups excluding carboxylic acids is 1. The minimum atomic E-state index is -0.289. The van der Waals surface area contributed by atoms with Gasteiger partial charge in [0.25, 0.3) is 0 Å². The van der Waals surface area contributed by atoms with Gasteiger partial charge < -0.3 is 29.5 Å². The summed E-state index contributed by atoms with van der Waals surface area (Å²) in [4.78, 5) is 17.1. The van der Waals surface area contributed by atoms with Gasteiger partial charge in [-0.05, 0) is 40.0 Å². The van der Waals surface area contributed by atoms with Gasteiger partial charge in [-0.1, -0.05) is 11.6 Å². The summed E-state index contributed by atoms with van der Waals surface area (Å²) in [5.41, 5.74) is 0.834. The van der Waals surface area contributed by atoms with Crippen LogP contribution >= 0.6 is 0 Å². The van der Waals surface area contributed by atoms with E-state index in [9.17, 15) is 4.79 Å². The number of aliphatic hydroxyl groups is 1. The van der Waals surface area contributed by atoms with E-state index in [1.54, 1.807) is 7.11 Å². The molecule has 0 radical (unpaired) electrons. The molecule has 3 aliphatic heterocycles.